The SMILES string of the molecule is CCCCC[C@@H](O)/C=C/C=C/C/C=C/CCCCC(=O)O. The van der Waals surface area contributed by atoms with Crippen molar-refractivity contribution in [1.29, 1.82) is 0 Å². The second kappa shape index (κ2) is 15.0. The molecular formula is C18H30O3. The highest BCUT2D eigenvalue weighted by atomic mass is 16.4. The van der Waals surface area contributed by atoms with E-state index in [2.05, 4.69) is 19.1 Å². The number of rotatable bonds is 13. The standard InChI is InChI=1S/C18H30O3/c1-2-3-11-14-17(19)15-12-9-7-5-4-6-8-10-13-16-18(20)21/h4,6-7,9,12,15,17,19H,2-3,5,8,10-11,13-14,16H2,1H3,(H,20,21)/b6-4+,9-7+,15-12+/t17-/m1/s1. The Kier molecular flexibility index (Phi) is 14.1. The number of hydrogen-bond donors (Lipinski definition) is 2. The molecule has 0 aliphatic heterocycles. The van der Waals surface area contributed by atoms with Crippen LogP contribution in [-0.2, 0) is 4.79 Å². The van der Waals surface area contributed by atoms with Crippen LogP contribution in [0.3, 0.4) is 0 Å². The number of aliphatic hydroxyl groups excluding tert-OH is 1. The van der Waals surface area contributed by atoms with Crippen molar-refractivity contribution in [2.24, 2.45) is 0 Å². The molecule has 0 rings (SSSR count). The third-order valence-electron chi connectivity index (χ3n) is 3.13. The molecule has 0 heterocycles. The molecule has 3 heteroatoms. The smallest absolute Gasteiger partial charge is 0.303 e. The van der Waals surface area contributed by atoms with Gasteiger partial charge in [-0.2, -0.15) is 0 Å². The molecule has 3 nitrogen and oxygen atoms in total. The Bertz CT molecular complexity index is 329. The van der Waals surface area contributed by atoms with Crippen LogP contribution >= 0.6 is 0 Å². The van der Waals surface area contributed by atoms with E-state index in [1.807, 2.05) is 24.3 Å². The summed E-state index contributed by atoms with van der Waals surface area (Å²) in [5.41, 5.74) is 0. The monoisotopic (exact) mass is 294 g/mol. The summed E-state index contributed by atoms with van der Waals surface area (Å²) >= 11 is 0. The summed E-state index contributed by atoms with van der Waals surface area (Å²) < 4.78 is 0. The van der Waals surface area contributed by atoms with Crippen LogP contribution in [0.15, 0.2) is 36.5 Å². The van der Waals surface area contributed by atoms with E-state index in [4.69, 9.17) is 5.11 Å². The average molecular weight is 294 g/mol. The summed E-state index contributed by atoms with van der Waals surface area (Å²) in [6.45, 7) is 2.16. The maximum atomic E-state index is 10.3. The molecule has 0 bridgehead atoms. The van der Waals surface area contributed by atoms with Gasteiger partial charge in [-0.15, -0.1) is 0 Å². The molecular weight excluding hydrogens is 264 g/mol. The Morgan fingerprint density at radius 2 is 1.86 bits per heavy atom. The lowest BCUT2D eigenvalue weighted by Crippen LogP contribution is -2.00. The van der Waals surface area contributed by atoms with Crippen LogP contribution in [0.2, 0.25) is 0 Å². The van der Waals surface area contributed by atoms with Gasteiger partial charge in [0.1, 0.15) is 0 Å². The molecule has 1 atom stereocenters. The highest BCUT2D eigenvalue weighted by Crippen LogP contribution is 2.04. The lowest BCUT2D eigenvalue weighted by Gasteiger charge is -2.02. The van der Waals surface area contributed by atoms with Gasteiger partial charge in [-0.1, -0.05) is 62.6 Å². The fourth-order valence-corrected chi connectivity index (χ4v) is 1.88. The normalized spacial score (nSPS) is 13.6. The topological polar surface area (TPSA) is 57.5 Å². The van der Waals surface area contributed by atoms with Crippen LogP contribution in [0.4, 0.5) is 0 Å². The fourth-order valence-electron chi connectivity index (χ4n) is 1.88. The molecule has 0 unspecified atom stereocenters. The number of hydrogen-bond acceptors (Lipinski definition) is 2. The maximum Gasteiger partial charge on any atom is 0.303 e. The van der Waals surface area contributed by atoms with Gasteiger partial charge in [0.15, 0.2) is 0 Å². The average Bonchev–Trinajstić information content (AvgIpc) is 2.44. The number of aliphatic carboxylic acids is 1. The van der Waals surface area contributed by atoms with E-state index in [1.165, 1.54) is 12.8 Å². The predicted octanol–water partition coefficient (Wildman–Crippen LogP) is 4.63. The highest BCUT2D eigenvalue weighted by molar-refractivity contribution is 5.66. The van der Waals surface area contributed by atoms with Crippen LogP contribution in [-0.4, -0.2) is 22.3 Å². The molecule has 0 aliphatic rings. The molecule has 0 saturated heterocycles. The minimum atomic E-state index is -0.717. The van der Waals surface area contributed by atoms with E-state index in [1.54, 1.807) is 0 Å². The van der Waals surface area contributed by atoms with Crippen molar-refractivity contribution in [3.63, 3.8) is 0 Å². The first kappa shape index (κ1) is 19.7. The molecule has 0 aromatic rings. The maximum absolute atomic E-state index is 10.3. The zero-order chi connectivity index (χ0) is 15.8. The first-order chi connectivity index (χ1) is 10.2. The molecule has 2 N–H and O–H groups in total. The van der Waals surface area contributed by atoms with E-state index >= 15 is 0 Å². The minimum Gasteiger partial charge on any atom is -0.481 e. The van der Waals surface area contributed by atoms with E-state index in [0.29, 0.717) is 0 Å². The summed E-state index contributed by atoms with van der Waals surface area (Å²) in [5.74, 6) is -0.717. The Morgan fingerprint density at radius 1 is 1.05 bits per heavy atom. The summed E-state index contributed by atoms with van der Waals surface area (Å²) in [4.78, 5) is 10.3. The van der Waals surface area contributed by atoms with Crippen molar-refractivity contribution in [3.05, 3.63) is 36.5 Å². The van der Waals surface area contributed by atoms with Crippen LogP contribution < -0.4 is 0 Å². The van der Waals surface area contributed by atoms with E-state index in [9.17, 15) is 9.90 Å². The predicted molar refractivity (Wildman–Crippen MR) is 88.3 cm³/mol. The summed E-state index contributed by atoms with van der Waals surface area (Å²) in [7, 11) is 0. The molecule has 0 aromatic carbocycles. The molecule has 0 fully saturated rings. The molecule has 0 aliphatic carbocycles. The molecule has 0 saturated carbocycles. The number of allylic oxidation sites excluding steroid dienone is 5. The Labute approximate surface area is 129 Å². The molecule has 0 aromatic heterocycles. The quantitative estimate of drug-likeness (QED) is 0.296. The minimum absolute atomic E-state index is 0.263. The fraction of sp³-hybridized carbons (Fsp3) is 0.611. The largest absolute Gasteiger partial charge is 0.481 e. The van der Waals surface area contributed by atoms with Gasteiger partial charge < -0.3 is 10.2 Å². The van der Waals surface area contributed by atoms with Gasteiger partial charge >= 0.3 is 5.97 Å². The van der Waals surface area contributed by atoms with Crippen molar-refractivity contribution in [3.8, 4) is 0 Å². The number of carboxylic acid groups (broad SMARTS) is 1. The van der Waals surface area contributed by atoms with Crippen LogP contribution in [0, 0.1) is 0 Å². The van der Waals surface area contributed by atoms with Gasteiger partial charge in [-0.3, -0.25) is 4.79 Å². The second-order valence-corrected chi connectivity index (χ2v) is 5.22. The molecule has 21 heavy (non-hydrogen) atoms. The van der Waals surface area contributed by atoms with Crippen molar-refractivity contribution in [1.82, 2.24) is 0 Å². The third-order valence-corrected chi connectivity index (χ3v) is 3.13. The first-order valence-electron chi connectivity index (χ1n) is 8.05. The van der Waals surface area contributed by atoms with Gasteiger partial charge in [0, 0.05) is 6.42 Å². The van der Waals surface area contributed by atoms with Crippen molar-refractivity contribution in [2.45, 2.75) is 70.8 Å². The van der Waals surface area contributed by atoms with Crippen molar-refractivity contribution < 1.29 is 15.0 Å². The van der Waals surface area contributed by atoms with Gasteiger partial charge in [-0.25, -0.2) is 0 Å². The second-order valence-electron chi connectivity index (χ2n) is 5.22. The number of carbonyl (C=O) groups is 1. The van der Waals surface area contributed by atoms with Crippen molar-refractivity contribution >= 4 is 5.97 Å². The summed E-state index contributed by atoms with van der Waals surface area (Å²) in [6, 6.07) is 0. The lowest BCUT2D eigenvalue weighted by molar-refractivity contribution is -0.137. The van der Waals surface area contributed by atoms with Crippen molar-refractivity contribution in [2.75, 3.05) is 0 Å². The zero-order valence-corrected chi connectivity index (χ0v) is 13.2. The van der Waals surface area contributed by atoms with E-state index in [0.717, 1.165) is 38.5 Å². The summed E-state index contributed by atoms with van der Waals surface area (Å²) in [5, 5.41) is 18.1. The molecule has 0 amide bonds. The van der Waals surface area contributed by atoms with Crippen LogP contribution in [0.1, 0.15) is 64.7 Å². The molecule has 0 spiro atoms. The number of unbranched alkanes of at least 4 members (excludes halogenated alkanes) is 4. The Balaban J connectivity index is 3.51. The Hall–Kier alpha value is -1.35. The highest BCUT2D eigenvalue weighted by Gasteiger charge is 1.96. The van der Waals surface area contributed by atoms with E-state index < -0.39 is 5.97 Å². The van der Waals surface area contributed by atoms with Crippen LogP contribution in [0.25, 0.3) is 0 Å². The third kappa shape index (κ3) is 16.6. The van der Waals surface area contributed by atoms with Gasteiger partial charge in [-0.05, 0) is 32.1 Å². The number of aliphatic hydroxyl groups is 1. The number of carboxylic acids is 1. The van der Waals surface area contributed by atoms with Gasteiger partial charge in [0.25, 0.3) is 0 Å². The lowest BCUT2D eigenvalue weighted by atomic mass is 10.1. The molecule has 120 valence electrons. The van der Waals surface area contributed by atoms with E-state index in [-0.39, 0.29) is 12.5 Å². The van der Waals surface area contributed by atoms with Crippen LogP contribution in [0.5, 0.6) is 0 Å². The van der Waals surface area contributed by atoms with Gasteiger partial charge in [0.2, 0.25) is 0 Å². The molecule has 0 radical (unpaired) electrons. The first-order valence-corrected chi connectivity index (χ1v) is 8.05. The van der Waals surface area contributed by atoms with Gasteiger partial charge in [0.05, 0.1) is 6.10 Å². The summed E-state index contributed by atoms with van der Waals surface area (Å²) in [6.07, 6.45) is 19.6. The Morgan fingerprint density at radius 3 is 2.57 bits per heavy atom. The zero-order valence-electron chi connectivity index (χ0n) is 13.2.